The van der Waals surface area contributed by atoms with Gasteiger partial charge in [-0.25, -0.2) is 0 Å². The van der Waals surface area contributed by atoms with Crippen LogP contribution in [-0.2, 0) is 9.53 Å². The SMILES string of the molecule is CC1(C)CN(C(=O)C2(C#N)CC2)CCO1. The zero-order valence-electron chi connectivity index (χ0n) is 9.25. The number of amides is 1. The highest BCUT2D eigenvalue weighted by Crippen LogP contribution is 2.46. The molecule has 2 aliphatic rings. The van der Waals surface area contributed by atoms with Gasteiger partial charge in [-0.15, -0.1) is 0 Å². The molecule has 2 rings (SSSR count). The van der Waals surface area contributed by atoms with Crippen molar-refractivity contribution in [2.75, 3.05) is 19.7 Å². The summed E-state index contributed by atoms with van der Waals surface area (Å²) in [6.07, 6.45) is 1.44. The Bertz CT molecular complexity index is 326. The van der Waals surface area contributed by atoms with Crippen LogP contribution < -0.4 is 0 Å². The quantitative estimate of drug-likeness (QED) is 0.644. The maximum atomic E-state index is 12.0. The molecule has 0 unspecified atom stereocenters. The number of rotatable bonds is 1. The molecule has 1 saturated carbocycles. The molecule has 0 bridgehead atoms. The van der Waals surface area contributed by atoms with Crippen LogP contribution in [0.3, 0.4) is 0 Å². The van der Waals surface area contributed by atoms with Crippen LogP contribution in [0.4, 0.5) is 0 Å². The minimum atomic E-state index is -0.687. The topological polar surface area (TPSA) is 53.3 Å². The van der Waals surface area contributed by atoms with Gasteiger partial charge in [0.1, 0.15) is 5.41 Å². The van der Waals surface area contributed by atoms with Gasteiger partial charge < -0.3 is 9.64 Å². The van der Waals surface area contributed by atoms with Gasteiger partial charge in [-0.1, -0.05) is 0 Å². The highest BCUT2D eigenvalue weighted by molar-refractivity contribution is 5.88. The Hall–Kier alpha value is -1.08. The van der Waals surface area contributed by atoms with E-state index in [1.165, 1.54) is 0 Å². The molecule has 0 N–H and O–H groups in total. The van der Waals surface area contributed by atoms with Crippen molar-refractivity contribution in [1.29, 1.82) is 5.26 Å². The summed E-state index contributed by atoms with van der Waals surface area (Å²) in [6.45, 7) is 5.72. The molecule has 0 spiro atoms. The van der Waals surface area contributed by atoms with Gasteiger partial charge in [0, 0.05) is 13.1 Å². The van der Waals surface area contributed by atoms with Gasteiger partial charge in [-0.05, 0) is 26.7 Å². The van der Waals surface area contributed by atoms with Gasteiger partial charge in [-0.3, -0.25) is 4.79 Å². The molecule has 1 aliphatic heterocycles. The number of morpholine rings is 1. The Balaban J connectivity index is 2.06. The van der Waals surface area contributed by atoms with E-state index in [4.69, 9.17) is 10.00 Å². The lowest BCUT2D eigenvalue weighted by atomic mass is 10.0. The maximum absolute atomic E-state index is 12.0. The standard InChI is InChI=1S/C11H16N2O2/c1-10(2)8-13(5-6-15-10)9(14)11(7-12)3-4-11/h3-6,8H2,1-2H3. The van der Waals surface area contributed by atoms with Gasteiger partial charge in [0.2, 0.25) is 5.91 Å². The van der Waals surface area contributed by atoms with Crippen LogP contribution in [0.15, 0.2) is 0 Å². The Morgan fingerprint density at radius 1 is 1.47 bits per heavy atom. The number of ether oxygens (including phenoxy) is 1. The third kappa shape index (κ3) is 1.84. The van der Waals surface area contributed by atoms with E-state index in [1.54, 1.807) is 4.90 Å². The predicted molar refractivity (Wildman–Crippen MR) is 53.9 cm³/mol. The molecule has 0 aromatic rings. The van der Waals surface area contributed by atoms with E-state index in [0.29, 0.717) is 19.7 Å². The minimum absolute atomic E-state index is 0.00127. The second-order valence-electron chi connectivity index (χ2n) is 5.03. The van der Waals surface area contributed by atoms with Gasteiger partial charge in [0.05, 0.1) is 18.3 Å². The molecule has 1 aliphatic carbocycles. The highest BCUT2D eigenvalue weighted by atomic mass is 16.5. The number of nitriles is 1. The van der Waals surface area contributed by atoms with Gasteiger partial charge >= 0.3 is 0 Å². The Morgan fingerprint density at radius 2 is 2.13 bits per heavy atom. The van der Waals surface area contributed by atoms with Gasteiger partial charge in [-0.2, -0.15) is 5.26 Å². The normalized spacial score (nSPS) is 26.9. The number of hydrogen-bond donors (Lipinski definition) is 0. The van der Waals surface area contributed by atoms with E-state index in [1.807, 2.05) is 13.8 Å². The molecule has 4 heteroatoms. The average Bonchev–Trinajstić information content (AvgIpc) is 2.96. The van der Waals surface area contributed by atoms with Crippen LogP contribution in [0, 0.1) is 16.7 Å². The van der Waals surface area contributed by atoms with E-state index in [2.05, 4.69) is 6.07 Å². The second-order valence-corrected chi connectivity index (χ2v) is 5.03. The van der Waals surface area contributed by atoms with E-state index < -0.39 is 5.41 Å². The summed E-state index contributed by atoms with van der Waals surface area (Å²) in [7, 11) is 0. The lowest BCUT2D eigenvalue weighted by molar-refractivity contribution is -0.149. The molecule has 4 nitrogen and oxygen atoms in total. The van der Waals surface area contributed by atoms with Crippen LogP contribution in [0.25, 0.3) is 0 Å². The Morgan fingerprint density at radius 3 is 2.60 bits per heavy atom. The van der Waals surface area contributed by atoms with E-state index in [9.17, 15) is 4.79 Å². The van der Waals surface area contributed by atoms with Crippen molar-refractivity contribution in [2.24, 2.45) is 5.41 Å². The summed E-state index contributed by atoms with van der Waals surface area (Å²) in [6, 6.07) is 2.14. The summed E-state index contributed by atoms with van der Waals surface area (Å²) in [5, 5.41) is 8.96. The lowest BCUT2D eigenvalue weighted by Gasteiger charge is -2.38. The second kappa shape index (κ2) is 3.21. The maximum Gasteiger partial charge on any atom is 0.243 e. The number of carbonyl (C=O) groups is 1. The average molecular weight is 208 g/mol. The molecular formula is C11H16N2O2. The largest absolute Gasteiger partial charge is 0.372 e. The van der Waals surface area contributed by atoms with Crippen molar-refractivity contribution in [1.82, 2.24) is 4.90 Å². The van der Waals surface area contributed by atoms with Crippen LogP contribution in [0.5, 0.6) is 0 Å². The molecule has 0 aromatic heterocycles. The molecule has 82 valence electrons. The zero-order chi connectivity index (χ0) is 11.1. The fourth-order valence-corrected chi connectivity index (χ4v) is 1.99. The van der Waals surface area contributed by atoms with E-state index in [0.717, 1.165) is 12.8 Å². The van der Waals surface area contributed by atoms with Crippen molar-refractivity contribution in [3.05, 3.63) is 0 Å². The molecular weight excluding hydrogens is 192 g/mol. The molecule has 1 heterocycles. The van der Waals surface area contributed by atoms with Crippen molar-refractivity contribution < 1.29 is 9.53 Å². The van der Waals surface area contributed by atoms with Crippen molar-refractivity contribution in [2.45, 2.75) is 32.3 Å². The lowest BCUT2D eigenvalue weighted by Crippen LogP contribution is -2.52. The molecule has 1 amide bonds. The summed E-state index contributed by atoms with van der Waals surface area (Å²) < 4.78 is 5.54. The third-order valence-corrected chi connectivity index (χ3v) is 3.09. The highest BCUT2D eigenvalue weighted by Gasteiger charge is 2.53. The molecule has 0 aromatic carbocycles. The fourth-order valence-electron chi connectivity index (χ4n) is 1.99. The third-order valence-electron chi connectivity index (χ3n) is 3.09. The predicted octanol–water partition coefficient (Wildman–Crippen LogP) is 0.928. The summed E-state index contributed by atoms with van der Waals surface area (Å²) in [4.78, 5) is 13.8. The van der Waals surface area contributed by atoms with Crippen LogP contribution in [-0.4, -0.2) is 36.1 Å². The minimum Gasteiger partial charge on any atom is -0.372 e. The van der Waals surface area contributed by atoms with E-state index in [-0.39, 0.29) is 11.5 Å². The van der Waals surface area contributed by atoms with Crippen LogP contribution >= 0.6 is 0 Å². The number of carbonyl (C=O) groups excluding carboxylic acids is 1. The smallest absolute Gasteiger partial charge is 0.243 e. The first-order valence-corrected chi connectivity index (χ1v) is 5.34. The first-order chi connectivity index (χ1) is 6.99. The Kier molecular flexibility index (Phi) is 2.23. The van der Waals surface area contributed by atoms with Gasteiger partial charge in [0.25, 0.3) is 0 Å². The van der Waals surface area contributed by atoms with Crippen molar-refractivity contribution >= 4 is 5.91 Å². The number of nitrogens with zero attached hydrogens (tertiary/aromatic N) is 2. The molecule has 0 radical (unpaired) electrons. The summed E-state index contributed by atoms with van der Waals surface area (Å²) >= 11 is 0. The first-order valence-electron chi connectivity index (χ1n) is 5.34. The number of hydrogen-bond acceptors (Lipinski definition) is 3. The fraction of sp³-hybridized carbons (Fsp3) is 0.818. The molecule has 1 saturated heterocycles. The summed E-state index contributed by atoms with van der Waals surface area (Å²) in [5.41, 5.74) is -0.965. The zero-order valence-corrected chi connectivity index (χ0v) is 9.25. The van der Waals surface area contributed by atoms with Crippen molar-refractivity contribution in [3.8, 4) is 6.07 Å². The van der Waals surface area contributed by atoms with Crippen molar-refractivity contribution in [3.63, 3.8) is 0 Å². The monoisotopic (exact) mass is 208 g/mol. The van der Waals surface area contributed by atoms with Gasteiger partial charge in [0.15, 0.2) is 0 Å². The van der Waals surface area contributed by atoms with Crippen LogP contribution in [0.2, 0.25) is 0 Å². The Labute approximate surface area is 89.8 Å². The summed E-state index contributed by atoms with van der Waals surface area (Å²) in [5.74, 6) is 0.00127. The molecule has 15 heavy (non-hydrogen) atoms. The van der Waals surface area contributed by atoms with E-state index >= 15 is 0 Å². The molecule has 0 atom stereocenters. The molecule has 2 fully saturated rings. The van der Waals surface area contributed by atoms with Crippen LogP contribution in [0.1, 0.15) is 26.7 Å². The first kappa shape index (κ1) is 10.4.